The van der Waals surface area contributed by atoms with E-state index in [0.29, 0.717) is 15.1 Å². The molecule has 36 heavy (non-hydrogen) atoms. The van der Waals surface area contributed by atoms with E-state index in [4.69, 9.17) is 16.6 Å². The van der Waals surface area contributed by atoms with Gasteiger partial charge in [-0.2, -0.15) is 0 Å². The number of carbonyl (C=O) groups excluding carboxylic acids is 1. The Morgan fingerprint density at radius 2 is 1.72 bits per heavy atom. The number of carbonyl (C=O) groups is 1. The van der Waals surface area contributed by atoms with Gasteiger partial charge in [0.25, 0.3) is 5.91 Å². The van der Waals surface area contributed by atoms with Crippen molar-refractivity contribution >= 4 is 74.0 Å². The van der Waals surface area contributed by atoms with Gasteiger partial charge in [0.2, 0.25) is 0 Å². The largest absolute Gasteiger partial charge is 0.334 e. The molecule has 7 heteroatoms. The van der Waals surface area contributed by atoms with E-state index in [-0.39, 0.29) is 5.91 Å². The maximum atomic E-state index is 14.0. The first-order valence-electron chi connectivity index (χ1n) is 11.7. The molecule has 0 spiro atoms. The topological polar surface area (TPSA) is 35.9 Å². The number of rotatable bonds is 3. The molecule has 2 aliphatic heterocycles. The molecule has 0 radical (unpaired) electrons. The van der Waals surface area contributed by atoms with E-state index in [9.17, 15) is 4.79 Å². The highest BCUT2D eigenvalue weighted by Gasteiger charge is 2.40. The smallest absolute Gasteiger partial charge is 0.274 e. The predicted molar refractivity (Wildman–Crippen MR) is 155 cm³/mol. The van der Waals surface area contributed by atoms with Crippen LogP contribution in [0.5, 0.6) is 0 Å². The number of amidine groups is 1. The summed E-state index contributed by atoms with van der Waals surface area (Å²) < 4.78 is 0. The molecule has 0 saturated carbocycles. The molecule has 4 aromatic carbocycles. The van der Waals surface area contributed by atoms with E-state index in [1.807, 2.05) is 67.6 Å². The lowest BCUT2D eigenvalue weighted by Crippen LogP contribution is -2.29. The lowest BCUT2D eigenvalue weighted by molar-refractivity contribution is -0.113. The molecule has 0 atom stereocenters. The van der Waals surface area contributed by atoms with Crippen LogP contribution in [0.1, 0.15) is 12.5 Å². The molecule has 1 fully saturated rings. The van der Waals surface area contributed by atoms with Gasteiger partial charge in [-0.05, 0) is 84.4 Å². The summed E-state index contributed by atoms with van der Waals surface area (Å²) in [6, 6.07) is 28.2. The van der Waals surface area contributed by atoms with Crippen LogP contribution in [0.25, 0.3) is 10.8 Å². The van der Waals surface area contributed by atoms with Crippen LogP contribution >= 0.6 is 35.1 Å². The van der Waals surface area contributed by atoms with Crippen LogP contribution < -0.4 is 9.80 Å². The van der Waals surface area contributed by atoms with E-state index >= 15 is 0 Å². The Morgan fingerprint density at radius 1 is 0.889 bits per heavy atom. The Hall–Kier alpha value is -3.19. The molecule has 178 valence electrons. The van der Waals surface area contributed by atoms with Crippen LogP contribution in [0.3, 0.4) is 0 Å². The summed E-state index contributed by atoms with van der Waals surface area (Å²) in [7, 11) is 0. The number of nitrogens with zero attached hydrogens (tertiary/aromatic N) is 3. The lowest BCUT2D eigenvalue weighted by atomic mass is 10.1. The molecule has 0 unspecified atom stereocenters. The van der Waals surface area contributed by atoms with Gasteiger partial charge in [0.1, 0.15) is 9.93 Å². The summed E-state index contributed by atoms with van der Waals surface area (Å²) >= 11 is 9.35. The summed E-state index contributed by atoms with van der Waals surface area (Å²) in [4.78, 5) is 24.7. The molecular weight excluding hydrogens is 506 g/mol. The lowest BCUT2D eigenvalue weighted by Gasteiger charge is -2.19. The maximum absolute atomic E-state index is 14.0. The Kier molecular flexibility index (Phi) is 6.04. The number of aryl methyl sites for hydroxylation is 1. The van der Waals surface area contributed by atoms with E-state index in [2.05, 4.69) is 36.1 Å². The standard InChI is InChI=1S/C29H22ClN3OS2/c1-3-32-24-17-21(30)12-14-25(24)35-28(32)26-27(34)33(23-10-6-7-18(2)15-23)29(36-26)31-22-13-11-19-8-4-5-9-20(19)16-22/h4-17H,3H2,1-2H3. The van der Waals surface area contributed by atoms with Gasteiger partial charge in [-0.1, -0.05) is 65.8 Å². The number of amides is 1. The normalized spacial score (nSPS) is 18.5. The van der Waals surface area contributed by atoms with Crippen LogP contribution in [0.2, 0.25) is 5.02 Å². The molecule has 1 amide bonds. The van der Waals surface area contributed by atoms with E-state index in [0.717, 1.165) is 49.9 Å². The molecule has 0 bridgehead atoms. The number of fused-ring (bicyclic) bond motifs is 2. The molecule has 2 heterocycles. The van der Waals surface area contributed by atoms with Gasteiger partial charge in [0.05, 0.1) is 17.1 Å². The summed E-state index contributed by atoms with van der Waals surface area (Å²) in [6.07, 6.45) is 0. The molecule has 4 nitrogen and oxygen atoms in total. The van der Waals surface area contributed by atoms with Crippen molar-refractivity contribution < 1.29 is 4.79 Å². The Balaban J connectivity index is 1.48. The van der Waals surface area contributed by atoms with Gasteiger partial charge >= 0.3 is 0 Å². The molecule has 0 N–H and O–H groups in total. The van der Waals surface area contributed by atoms with Gasteiger partial charge in [0, 0.05) is 16.5 Å². The van der Waals surface area contributed by atoms with E-state index in [1.54, 1.807) is 16.7 Å². The Morgan fingerprint density at radius 3 is 2.53 bits per heavy atom. The summed E-state index contributed by atoms with van der Waals surface area (Å²) in [6.45, 7) is 4.85. The van der Waals surface area contributed by atoms with Crippen molar-refractivity contribution in [2.45, 2.75) is 18.7 Å². The second-order valence-corrected chi connectivity index (χ2v) is 11.0. The number of halogens is 1. The number of anilines is 2. The quantitative estimate of drug-likeness (QED) is 0.251. The van der Waals surface area contributed by atoms with Crippen molar-refractivity contribution in [3.05, 3.63) is 105 Å². The van der Waals surface area contributed by atoms with Gasteiger partial charge in [-0.25, -0.2) is 4.99 Å². The first-order chi connectivity index (χ1) is 17.5. The molecule has 0 aromatic heterocycles. The molecule has 1 saturated heterocycles. The minimum Gasteiger partial charge on any atom is -0.334 e. The number of thioether (sulfide) groups is 2. The van der Waals surface area contributed by atoms with Crippen LogP contribution in [0, 0.1) is 6.92 Å². The Bertz CT molecular complexity index is 1600. The zero-order valence-corrected chi connectivity index (χ0v) is 22.1. The fourth-order valence-corrected chi connectivity index (χ4v) is 7.01. The first-order valence-corrected chi connectivity index (χ1v) is 13.7. The van der Waals surface area contributed by atoms with Gasteiger partial charge < -0.3 is 4.90 Å². The average Bonchev–Trinajstić information content (AvgIpc) is 3.40. The number of aliphatic imine (C=N–C) groups is 1. The molecular formula is C29H22ClN3OS2. The van der Waals surface area contributed by atoms with Crippen molar-refractivity contribution in [3.8, 4) is 0 Å². The SMILES string of the molecule is CCN1C(=C2SC(=Nc3ccc4ccccc4c3)N(c3cccc(C)c3)C2=O)Sc2ccc(Cl)cc21. The predicted octanol–water partition coefficient (Wildman–Crippen LogP) is 8.37. The van der Waals surface area contributed by atoms with Crippen molar-refractivity contribution in [1.82, 2.24) is 0 Å². The zero-order valence-electron chi connectivity index (χ0n) is 19.7. The highest BCUT2D eigenvalue weighted by molar-refractivity contribution is 8.20. The van der Waals surface area contributed by atoms with Crippen LogP contribution in [0.15, 0.2) is 105 Å². The minimum absolute atomic E-state index is 0.0648. The summed E-state index contributed by atoms with van der Waals surface area (Å²) in [5.74, 6) is -0.0648. The van der Waals surface area contributed by atoms with E-state index < -0.39 is 0 Å². The number of benzene rings is 4. The first kappa shape index (κ1) is 23.2. The fourth-order valence-electron chi connectivity index (χ4n) is 4.47. The second-order valence-electron chi connectivity index (χ2n) is 8.60. The second kappa shape index (κ2) is 9.36. The third-order valence-electron chi connectivity index (χ3n) is 6.17. The van der Waals surface area contributed by atoms with Crippen molar-refractivity contribution in [3.63, 3.8) is 0 Å². The Labute approximate surface area is 223 Å². The summed E-state index contributed by atoms with van der Waals surface area (Å²) in [5, 5.41) is 4.53. The van der Waals surface area contributed by atoms with Gasteiger partial charge in [0.15, 0.2) is 5.17 Å². The third kappa shape index (κ3) is 4.09. The monoisotopic (exact) mass is 527 g/mol. The molecule has 2 aliphatic rings. The number of hydrogen-bond donors (Lipinski definition) is 0. The minimum atomic E-state index is -0.0648. The van der Waals surface area contributed by atoms with E-state index in [1.165, 1.54) is 11.8 Å². The summed E-state index contributed by atoms with van der Waals surface area (Å²) in [5.41, 5.74) is 3.75. The fraction of sp³-hybridized carbons (Fsp3) is 0.103. The molecule has 0 aliphatic carbocycles. The van der Waals surface area contributed by atoms with Gasteiger partial charge in [-0.3, -0.25) is 9.69 Å². The number of hydrogen-bond acceptors (Lipinski definition) is 5. The molecule has 4 aromatic rings. The van der Waals surface area contributed by atoms with Crippen LogP contribution in [-0.2, 0) is 4.79 Å². The molecule has 6 rings (SSSR count). The van der Waals surface area contributed by atoms with Crippen LogP contribution in [-0.4, -0.2) is 17.6 Å². The van der Waals surface area contributed by atoms with Crippen LogP contribution in [0.4, 0.5) is 17.1 Å². The average molecular weight is 528 g/mol. The van der Waals surface area contributed by atoms with Gasteiger partial charge in [-0.15, -0.1) is 0 Å². The highest BCUT2D eigenvalue weighted by Crippen LogP contribution is 2.51. The zero-order chi connectivity index (χ0) is 24.8. The van der Waals surface area contributed by atoms with Crippen molar-refractivity contribution in [1.29, 1.82) is 0 Å². The van der Waals surface area contributed by atoms with Crippen molar-refractivity contribution in [2.75, 3.05) is 16.3 Å². The highest BCUT2D eigenvalue weighted by atomic mass is 35.5. The maximum Gasteiger partial charge on any atom is 0.274 e. The third-order valence-corrected chi connectivity index (χ3v) is 8.75. The van der Waals surface area contributed by atoms with Crippen molar-refractivity contribution in [2.24, 2.45) is 4.99 Å².